The molecule has 2 aliphatic rings. The van der Waals surface area contributed by atoms with Gasteiger partial charge in [-0.05, 0) is 85.3 Å². The lowest BCUT2D eigenvalue weighted by molar-refractivity contribution is -0.120. The maximum Gasteiger partial charge on any atom is 0.340 e. The molecule has 2 heterocycles. The fourth-order valence-corrected chi connectivity index (χ4v) is 7.00. The van der Waals surface area contributed by atoms with Gasteiger partial charge in [-0.2, -0.15) is 10.2 Å². The number of ketones is 2. The van der Waals surface area contributed by atoms with Crippen LogP contribution in [0.2, 0.25) is 0 Å². The van der Waals surface area contributed by atoms with E-state index in [1.807, 2.05) is 50.2 Å². The number of aromatic hydroxyl groups is 2. The number of hydrogen-bond donors (Lipinski definition) is 4. The summed E-state index contributed by atoms with van der Waals surface area (Å²) >= 11 is 0. The molecule has 13 nitrogen and oxygen atoms in total. The van der Waals surface area contributed by atoms with Crippen molar-refractivity contribution in [2.75, 3.05) is 19.0 Å². The minimum atomic E-state index is -1.55. The van der Waals surface area contributed by atoms with E-state index in [1.54, 1.807) is 30.3 Å². The van der Waals surface area contributed by atoms with Crippen LogP contribution < -0.4 is 20.7 Å². The van der Waals surface area contributed by atoms with Gasteiger partial charge in [-0.25, -0.2) is 4.79 Å². The molecule has 2 atom stereocenters. The van der Waals surface area contributed by atoms with E-state index in [2.05, 4.69) is 15.5 Å². The van der Waals surface area contributed by atoms with Crippen molar-refractivity contribution in [2.45, 2.75) is 43.9 Å². The summed E-state index contributed by atoms with van der Waals surface area (Å²) < 4.78 is 12.2. The molecule has 5 aromatic carbocycles. The predicted molar refractivity (Wildman–Crippen MR) is 208 cm³/mol. The minimum absolute atomic E-state index is 0.0111. The van der Waals surface area contributed by atoms with Crippen LogP contribution in [0.5, 0.6) is 23.0 Å². The zero-order chi connectivity index (χ0) is 39.7. The van der Waals surface area contributed by atoms with E-state index < -0.39 is 41.1 Å². The van der Waals surface area contributed by atoms with E-state index >= 15 is 0 Å². The van der Waals surface area contributed by atoms with E-state index in [0.29, 0.717) is 40.9 Å². The molecule has 1 spiro atoms. The molecule has 56 heavy (non-hydrogen) atoms. The molecular weight excluding hydrogens is 715 g/mol. The highest BCUT2D eigenvalue weighted by molar-refractivity contribution is 6.20. The van der Waals surface area contributed by atoms with E-state index in [-0.39, 0.29) is 39.7 Å². The van der Waals surface area contributed by atoms with Crippen LogP contribution >= 0.6 is 0 Å². The largest absolute Gasteiger partial charge is 0.508 e. The number of phenolic OH excluding ortho intramolecular Hbond substituents is 2. The molecule has 5 aromatic rings. The fourth-order valence-electron chi connectivity index (χ4n) is 7.00. The molecule has 0 saturated carbocycles. The summed E-state index contributed by atoms with van der Waals surface area (Å²) in [6.45, 7) is 1.95. The summed E-state index contributed by atoms with van der Waals surface area (Å²) in [6, 6.07) is 24.4. The average molecular weight is 754 g/mol. The predicted octanol–water partition coefficient (Wildman–Crippen LogP) is 7.22. The summed E-state index contributed by atoms with van der Waals surface area (Å²) in [7, 11) is 3.88. The summed E-state index contributed by atoms with van der Waals surface area (Å²) in [4.78, 5) is 56.9. The zero-order valence-electron chi connectivity index (χ0n) is 30.9. The molecule has 284 valence electrons. The third-order valence-electron chi connectivity index (χ3n) is 9.94. The van der Waals surface area contributed by atoms with E-state index in [9.17, 15) is 29.4 Å². The van der Waals surface area contributed by atoms with Gasteiger partial charge in [-0.15, -0.1) is 0 Å². The van der Waals surface area contributed by atoms with Gasteiger partial charge in [0.25, 0.3) is 0 Å². The zero-order valence-corrected chi connectivity index (χ0v) is 30.9. The molecule has 0 radical (unpaired) electrons. The number of ether oxygens (including phenoxy) is 2. The van der Waals surface area contributed by atoms with Crippen molar-refractivity contribution in [1.82, 2.24) is 5.32 Å². The van der Waals surface area contributed by atoms with Gasteiger partial charge in [-0.1, -0.05) is 31.9 Å². The topological polar surface area (TPSA) is 193 Å². The van der Waals surface area contributed by atoms with Crippen LogP contribution in [0.15, 0.2) is 113 Å². The number of primary amides is 1. The Hall–Kier alpha value is -6.86. The minimum Gasteiger partial charge on any atom is -0.508 e. The number of phenols is 2. The van der Waals surface area contributed by atoms with Gasteiger partial charge >= 0.3 is 5.97 Å². The number of benzene rings is 5. The SMILES string of the molecule is CCCC[C@H](NC(C(=O)c1ccc(N=Nc2ccc(N(C)C)cc2)cc1)C(=O)c1ccc2c(c1)C(=O)OC21c2ccc(O)cc2Oc2cc(O)ccc21)C(N)=O. The van der Waals surface area contributed by atoms with Crippen LogP contribution in [0.1, 0.15) is 74.0 Å². The van der Waals surface area contributed by atoms with Crippen molar-refractivity contribution in [3.63, 3.8) is 0 Å². The molecule has 0 aliphatic carbocycles. The van der Waals surface area contributed by atoms with Crippen molar-refractivity contribution >= 4 is 40.5 Å². The number of amides is 1. The van der Waals surface area contributed by atoms with Crippen LogP contribution in [0.25, 0.3) is 0 Å². The van der Waals surface area contributed by atoms with Crippen LogP contribution in [-0.2, 0) is 15.1 Å². The lowest BCUT2D eigenvalue weighted by Gasteiger charge is -2.36. The van der Waals surface area contributed by atoms with Crippen LogP contribution in [0.3, 0.4) is 0 Å². The molecule has 0 saturated heterocycles. The average Bonchev–Trinajstić information content (AvgIpc) is 3.47. The number of esters is 1. The fraction of sp³-hybridized carbons (Fsp3) is 0.209. The first-order chi connectivity index (χ1) is 26.9. The molecular formula is C43H39N5O8. The van der Waals surface area contributed by atoms with Gasteiger partial charge in [0.15, 0.2) is 17.2 Å². The lowest BCUT2D eigenvalue weighted by atomic mass is 9.77. The Bertz CT molecular complexity index is 2340. The second kappa shape index (κ2) is 15.1. The maximum absolute atomic E-state index is 14.4. The van der Waals surface area contributed by atoms with Gasteiger partial charge < -0.3 is 30.3 Å². The van der Waals surface area contributed by atoms with Gasteiger partial charge in [0.2, 0.25) is 5.91 Å². The highest BCUT2D eigenvalue weighted by Gasteiger charge is 2.54. The first-order valence-electron chi connectivity index (χ1n) is 18.0. The Morgan fingerprint density at radius 2 is 1.30 bits per heavy atom. The van der Waals surface area contributed by atoms with Crippen molar-refractivity contribution < 1.29 is 38.9 Å². The summed E-state index contributed by atoms with van der Waals surface area (Å²) in [5.74, 6) is -2.55. The number of carbonyl (C=O) groups excluding carboxylic acids is 4. The number of rotatable bonds is 13. The van der Waals surface area contributed by atoms with Crippen molar-refractivity contribution in [3.05, 3.63) is 137 Å². The Labute approximate surface area is 322 Å². The molecule has 0 bridgehead atoms. The summed E-state index contributed by atoms with van der Waals surface area (Å²) in [5, 5.41) is 32.0. The van der Waals surface area contributed by atoms with Crippen molar-refractivity contribution in [1.29, 1.82) is 0 Å². The first-order valence-corrected chi connectivity index (χ1v) is 18.0. The number of carbonyl (C=O) groups is 4. The van der Waals surface area contributed by atoms with E-state index in [4.69, 9.17) is 15.2 Å². The number of hydrogen-bond acceptors (Lipinski definition) is 12. The third-order valence-corrected chi connectivity index (χ3v) is 9.94. The Morgan fingerprint density at radius 3 is 1.86 bits per heavy atom. The number of nitrogens with two attached hydrogens (primary N) is 1. The maximum atomic E-state index is 14.4. The smallest absolute Gasteiger partial charge is 0.340 e. The molecule has 0 aromatic heterocycles. The number of anilines is 1. The summed E-state index contributed by atoms with van der Waals surface area (Å²) in [5.41, 5.74) is 7.79. The van der Waals surface area contributed by atoms with Gasteiger partial charge in [0, 0.05) is 59.7 Å². The Balaban J connectivity index is 1.23. The highest BCUT2D eigenvalue weighted by atomic mass is 16.6. The van der Waals surface area contributed by atoms with Crippen LogP contribution in [0.4, 0.5) is 17.1 Å². The normalized spacial score (nSPS) is 14.6. The number of nitrogens with zero attached hydrogens (tertiary/aromatic N) is 3. The lowest BCUT2D eigenvalue weighted by Crippen LogP contribution is -2.53. The second-order valence-corrected chi connectivity index (χ2v) is 13.9. The van der Waals surface area contributed by atoms with Gasteiger partial charge in [0.05, 0.1) is 23.0 Å². The number of nitrogens with one attached hydrogen (secondary N) is 1. The summed E-state index contributed by atoms with van der Waals surface area (Å²) in [6.07, 6.45) is 1.66. The highest BCUT2D eigenvalue weighted by Crippen LogP contribution is 2.57. The molecule has 1 amide bonds. The third kappa shape index (κ3) is 6.95. The van der Waals surface area contributed by atoms with Gasteiger partial charge in [-0.3, -0.25) is 19.7 Å². The molecule has 5 N–H and O–H groups in total. The second-order valence-electron chi connectivity index (χ2n) is 13.9. The molecule has 0 fully saturated rings. The first kappa shape index (κ1) is 37.5. The number of azo groups is 1. The van der Waals surface area contributed by atoms with Gasteiger partial charge in [0.1, 0.15) is 29.0 Å². The number of fused-ring (bicyclic) bond motifs is 6. The Morgan fingerprint density at radius 1 is 0.768 bits per heavy atom. The molecule has 13 heteroatoms. The quantitative estimate of drug-likeness (QED) is 0.0413. The number of unbranched alkanes of at least 4 members (excludes halogenated alkanes) is 1. The Kier molecular flexibility index (Phi) is 10.1. The van der Waals surface area contributed by atoms with E-state index in [1.165, 1.54) is 48.5 Å². The standard InChI is InChI=1S/C43H39N5O8/c1-4-5-6-35(41(44)53)45-38(39(51)24-7-10-26(11-8-24)46-47-27-12-14-28(15-13-27)48(2)3)40(52)25-9-18-32-31(21-25)42(54)56-43(32)33-19-16-29(49)22-36(33)55-37-23-30(50)17-20-34(37)43/h7-23,35,38,45,49-50H,4-6H2,1-3H3,(H2,44,53)/t35-,38?/m0/s1. The molecule has 7 rings (SSSR count). The van der Waals surface area contributed by atoms with E-state index in [0.717, 1.165) is 12.1 Å². The van der Waals surface area contributed by atoms with Crippen molar-refractivity contribution in [3.8, 4) is 23.0 Å². The number of Topliss-reactive ketones (excluding diaryl/α,β-unsaturated/α-hetero) is 2. The molecule has 1 unspecified atom stereocenters. The van der Waals surface area contributed by atoms with Crippen molar-refractivity contribution in [2.24, 2.45) is 16.0 Å². The van der Waals surface area contributed by atoms with Crippen LogP contribution in [0, 0.1) is 0 Å². The van der Waals surface area contributed by atoms with Crippen LogP contribution in [-0.4, -0.2) is 59.8 Å². The molecule has 2 aliphatic heterocycles. The monoisotopic (exact) mass is 753 g/mol.